The molecule has 0 aliphatic heterocycles. The van der Waals surface area contributed by atoms with Gasteiger partial charge in [0.25, 0.3) is 0 Å². The second kappa shape index (κ2) is 5.00. The van der Waals surface area contributed by atoms with Gasteiger partial charge in [0.1, 0.15) is 0 Å². The largest absolute Gasteiger partial charge is 0.447 e. The molecule has 0 aromatic carbocycles. The summed E-state index contributed by atoms with van der Waals surface area (Å²) < 4.78 is 15.7. The zero-order valence-electron chi connectivity index (χ0n) is 7.59. The molecule has 3 nitrogen and oxygen atoms in total. The number of carbonyl (C=O) groups excluding carboxylic acids is 1. The predicted octanol–water partition coefficient (Wildman–Crippen LogP) is 2.16. The van der Waals surface area contributed by atoms with Gasteiger partial charge in [-0.25, -0.2) is 4.79 Å². The van der Waals surface area contributed by atoms with Gasteiger partial charge in [-0.3, -0.25) is 0 Å². The zero-order chi connectivity index (χ0) is 9.61. The summed E-state index contributed by atoms with van der Waals surface area (Å²) >= 11 is 0. The van der Waals surface area contributed by atoms with Gasteiger partial charge in [-0.15, -0.1) is 5.92 Å². The van der Waals surface area contributed by atoms with Gasteiger partial charge in [0.2, 0.25) is 0 Å². The summed E-state index contributed by atoms with van der Waals surface area (Å²) in [5.74, 6) is 5.36. The molecule has 0 N–H and O–H groups in total. The number of carbonyl (C=O) groups is 1. The quantitative estimate of drug-likeness (QED) is 0.492. The van der Waals surface area contributed by atoms with Crippen LogP contribution in [0.3, 0.4) is 0 Å². The van der Waals surface area contributed by atoms with Gasteiger partial charge in [-0.1, -0.05) is 12.8 Å². The van der Waals surface area contributed by atoms with E-state index in [0.717, 1.165) is 6.42 Å². The van der Waals surface area contributed by atoms with Crippen LogP contribution in [0.2, 0.25) is 0 Å². The summed E-state index contributed by atoms with van der Waals surface area (Å²) in [6.45, 7) is 4.70. The summed E-state index contributed by atoms with van der Waals surface area (Å²) in [4.78, 5) is 10.9. The van der Waals surface area contributed by atoms with E-state index in [2.05, 4.69) is 16.6 Å². The van der Waals surface area contributed by atoms with E-state index in [1.807, 2.05) is 6.92 Å². The Bertz CT molecular complexity index is 253. The topological polar surface area (TPSA) is 43.4 Å². The second-order valence-corrected chi connectivity index (χ2v) is 5.68. The molecule has 0 aromatic heterocycles. The molecule has 0 radical (unpaired) electrons. The SMILES string of the molecule is CCC#CCOC(=O)P(C)(C)=O. The van der Waals surface area contributed by atoms with Crippen LogP contribution < -0.4 is 0 Å². The fourth-order valence-corrected chi connectivity index (χ4v) is 0.805. The molecule has 0 unspecified atom stereocenters. The van der Waals surface area contributed by atoms with Crippen molar-refractivity contribution in [2.45, 2.75) is 13.3 Å². The molecule has 0 saturated heterocycles. The van der Waals surface area contributed by atoms with Crippen molar-refractivity contribution in [1.82, 2.24) is 0 Å². The van der Waals surface area contributed by atoms with Crippen LogP contribution in [-0.4, -0.2) is 25.6 Å². The van der Waals surface area contributed by atoms with Gasteiger partial charge in [0, 0.05) is 6.42 Å². The lowest BCUT2D eigenvalue weighted by molar-refractivity contribution is 0.186. The molecule has 0 fully saturated rings. The molecule has 0 atom stereocenters. The Morgan fingerprint density at radius 3 is 2.42 bits per heavy atom. The molecule has 0 heterocycles. The van der Waals surface area contributed by atoms with Gasteiger partial charge in [0.05, 0.1) is 0 Å². The van der Waals surface area contributed by atoms with Crippen molar-refractivity contribution in [1.29, 1.82) is 0 Å². The second-order valence-electron chi connectivity index (χ2n) is 2.61. The molecule has 0 aliphatic carbocycles. The normalized spacial score (nSPS) is 9.92. The summed E-state index contributed by atoms with van der Waals surface area (Å²) in [5.41, 5.74) is -0.645. The minimum absolute atomic E-state index is 0.0400. The van der Waals surface area contributed by atoms with Crippen molar-refractivity contribution < 1.29 is 14.1 Å². The Kier molecular flexibility index (Phi) is 4.70. The van der Waals surface area contributed by atoms with E-state index in [1.165, 1.54) is 13.3 Å². The monoisotopic (exact) mass is 188 g/mol. The fraction of sp³-hybridized carbons (Fsp3) is 0.625. The molecule has 4 heteroatoms. The fourth-order valence-electron chi connectivity index (χ4n) is 0.429. The number of rotatable bonds is 2. The van der Waals surface area contributed by atoms with E-state index in [0.29, 0.717) is 0 Å². The maximum Gasteiger partial charge on any atom is 0.364 e. The Hall–Kier alpha value is -0.740. The Morgan fingerprint density at radius 2 is 2.00 bits per heavy atom. The molecule has 68 valence electrons. The molecule has 0 saturated carbocycles. The third-order valence-corrected chi connectivity index (χ3v) is 2.02. The molecule has 0 amide bonds. The van der Waals surface area contributed by atoms with Crippen LogP contribution >= 0.6 is 7.14 Å². The van der Waals surface area contributed by atoms with Gasteiger partial charge >= 0.3 is 5.71 Å². The molecule has 0 aliphatic rings. The number of hydrogen-bond acceptors (Lipinski definition) is 3. The van der Waals surface area contributed by atoms with E-state index in [9.17, 15) is 9.36 Å². The summed E-state index contributed by atoms with van der Waals surface area (Å²) in [6.07, 6.45) is 0.730. The highest BCUT2D eigenvalue weighted by atomic mass is 31.2. The molecule has 0 spiro atoms. The molecule has 0 bridgehead atoms. The highest BCUT2D eigenvalue weighted by molar-refractivity contribution is 7.78. The number of ether oxygens (including phenoxy) is 1. The number of hydrogen-bond donors (Lipinski definition) is 0. The third kappa shape index (κ3) is 4.98. The molecule has 0 aromatic rings. The van der Waals surface area contributed by atoms with E-state index in [4.69, 9.17) is 0 Å². The first-order valence-electron chi connectivity index (χ1n) is 3.66. The maximum atomic E-state index is 11.1. The van der Waals surface area contributed by atoms with Crippen LogP contribution in [0.1, 0.15) is 13.3 Å². The van der Waals surface area contributed by atoms with Crippen molar-refractivity contribution in [3.8, 4) is 11.8 Å². The van der Waals surface area contributed by atoms with Crippen LogP contribution in [0.5, 0.6) is 0 Å². The molecule has 0 rings (SSSR count). The van der Waals surface area contributed by atoms with Crippen molar-refractivity contribution in [3.05, 3.63) is 0 Å². The van der Waals surface area contributed by atoms with Crippen LogP contribution in [0.25, 0.3) is 0 Å². The standard InChI is InChI=1S/C8H13O3P/c1-4-5-6-7-11-8(9)12(2,3)10/h4,7H2,1-3H3. The lowest BCUT2D eigenvalue weighted by Crippen LogP contribution is -2.01. The van der Waals surface area contributed by atoms with Crippen LogP contribution in [0.15, 0.2) is 0 Å². The van der Waals surface area contributed by atoms with E-state index >= 15 is 0 Å². The summed E-state index contributed by atoms with van der Waals surface area (Å²) in [6, 6.07) is 0. The van der Waals surface area contributed by atoms with Gasteiger partial charge in [-0.2, -0.15) is 0 Å². The average molecular weight is 188 g/mol. The van der Waals surface area contributed by atoms with Crippen molar-refractivity contribution in [3.63, 3.8) is 0 Å². The first-order valence-corrected chi connectivity index (χ1v) is 6.26. The maximum absolute atomic E-state index is 11.1. The predicted molar refractivity (Wildman–Crippen MR) is 48.9 cm³/mol. The van der Waals surface area contributed by atoms with Crippen molar-refractivity contribution >= 4 is 12.9 Å². The molecular formula is C8H13O3P. The van der Waals surface area contributed by atoms with Crippen LogP contribution in [0.4, 0.5) is 4.79 Å². The van der Waals surface area contributed by atoms with Crippen LogP contribution in [0, 0.1) is 11.8 Å². The van der Waals surface area contributed by atoms with E-state index in [1.54, 1.807) is 0 Å². The molecular weight excluding hydrogens is 175 g/mol. The van der Waals surface area contributed by atoms with E-state index < -0.39 is 12.9 Å². The van der Waals surface area contributed by atoms with Crippen molar-refractivity contribution in [2.24, 2.45) is 0 Å². The van der Waals surface area contributed by atoms with Crippen LogP contribution in [-0.2, 0) is 9.30 Å². The zero-order valence-corrected chi connectivity index (χ0v) is 8.48. The van der Waals surface area contributed by atoms with E-state index in [-0.39, 0.29) is 6.61 Å². The average Bonchev–Trinajstić information content (AvgIpc) is 1.96. The smallest absolute Gasteiger partial charge is 0.364 e. The van der Waals surface area contributed by atoms with Gasteiger partial charge in [-0.05, 0) is 13.3 Å². The first-order chi connectivity index (χ1) is 5.48. The van der Waals surface area contributed by atoms with Gasteiger partial charge < -0.3 is 9.30 Å². The molecule has 12 heavy (non-hydrogen) atoms. The minimum Gasteiger partial charge on any atom is -0.447 e. The summed E-state index contributed by atoms with van der Waals surface area (Å²) in [5, 5.41) is 0. The Balaban J connectivity index is 3.81. The Morgan fingerprint density at radius 1 is 1.42 bits per heavy atom. The lowest BCUT2D eigenvalue weighted by Gasteiger charge is -2.03. The highest BCUT2D eigenvalue weighted by Crippen LogP contribution is 2.37. The Labute approximate surface area is 72.9 Å². The first kappa shape index (κ1) is 11.3. The highest BCUT2D eigenvalue weighted by Gasteiger charge is 2.19. The lowest BCUT2D eigenvalue weighted by atomic mass is 10.5. The third-order valence-electron chi connectivity index (χ3n) is 1.01. The van der Waals surface area contributed by atoms with Crippen molar-refractivity contribution in [2.75, 3.05) is 19.9 Å². The summed E-state index contributed by atoms with van der Waals surface area (Å²) in [7, 11) is -2.73. The van der Waals surface area contributed by atoms with Gasteiger partial charge in [0.15, 0.2) is 13.7 Å². The minimum atomic E-state index is -2.73.